The van der Waals surface area contributed by atoms with Crippen LogP contribution >= 0.6 is 0 Å². The lowest BCUT2D eigenvalue weighted by Gasteiger charge is -2.15. The van der Waals surface area contributed by atoms with Crippen molar-refractivity contribution < 1.29 is 8.42 Å². The van der Waals surface area contributed by atoms with Gasteiger partial charge in [0.25, 0.3) is 0 Å². The highest BCUT2D eigenvalue weighted by Gasteiger charge is 2.17. The lowest BCUT2D eigenvalue weighted by molar-refractivity contribution is 0.567. The fourth-order valence-corrected chi connectivity index (χ4v) is 3.26. The van der Waals surface area contributed by atoms with Gasteiger partial charge in [0, 0.05) is 6.04 Å². The van der Waals surface area contributed by atoms with Crippen LogP contribution in [0.5, 0.6) is 0 Å². The second kappa shape index (κ2) is 6.20. The largest absolute Gasteiger partial charge is 0.241 e. The van der Waals surface area contributed by atoms with Crippen LogP contribution < -0.4 is 4.72 Å². The van der Waals surface area contributed by atoms with Gasteiger partial charge in [0.15, 0.2) is 0 Å². The van der Waals surface area contributed by atoms with E-state index in [1.807, 2.05) is 31.2 Å². The van der Waals surface area contributed by atoms with E-state index in [2.05, 4.69) is 11.6 Å². The highest BCUT2D eigenvalue weighted by Crippen LogP contribution is 2.17. The lowest BCUT2D eigenvalue weighted by atomic mass is 10.1. The highest BCUT2D eigenvalue weighted by atomic mass is 32.2. The van der Waals surface area contributed by atoms with Gasteiger partial charge in [0.1, 0.15) is 0 Å². The molecule has 2 rings (SSSR count). The Morgan fingerprint density at radius 2 is 1.60 bits per heavy atom. The lowest BCUT2D eigenvalue weighted by Crippen LogP contribution is -2.26. The van der Waals surface area contributed by atoms with Gasteiger partial charge >= 0.3 is 0 Å². The molecule has 0 aliphatic heterocycles. The minimum Gasteiger partial charge on any atom is -0.207 e. The van der Waals surface area contributed by atoms with E-state index in [9.17, 15) is 8.42 Å². The molecule has 2 aromatic carbocycles. The molecule has 1 atom stereocenters. The van der Waals surface area contributed by atoms with Crippen LogP contribution in [-0.2, 0) is 16.4 Å². The minimum absolute atomic E-state index is 0.258. The minimum atomic E-state index is -3.47. The van der Waals surface area contributed by atoms with E-state index >= 15 is 0 Å². The molecule has 0 unspecified atom stereocenters. The summed E-state index contributed by atoms with van der Waals surface area (Å²) in [7, 11) is -3.47. The first kappa shape index (κ1) is 14.8. The molecular weight excluding hydrogens is 270 g/mol. The Hall–Kier alpha value is -1.65. The van der Waals surface area contributed by atoms with Crippen molar-refractivity contribution in [2.24, 2.45) is 0 Å². The summed E-state index contributed by atoms with van der Waals surface area (Å²) in [5, 5.41) is 0. The molecule has 0 aromatic heterocycles. The Morgan fingerprint density at radius 1 is 1.00 bits per heavy atom. The maximum Gasteiger partial charge on any atom is 0.241 e. The van der Waals surface area contributed by atoms with Crippen molar-refractivity contribution in [3.63, 3.8) is 0 Å². The molecule has 0 bridgehead atoms. The zero-order valence-corrected chi connectivity index (χ0v) is 12.5. The second-order valence-electron chi connectivity index (χ2n) is 4.75. The Kier molecular flexibility index (Phi) is 4.57. The zero-order valence-electron chi connectivity index (χ0n) is 11.7. The number of nitrogens with one attached hydrogen (secondary N) is 1. The zero-order chi connectivity index (χ0) is 14.6. The van der Waals surface area contributed by atoms with Crippen molar-refractivity contribution in [2.45, 2.75) is 31.2 Å². The molecule has 4 heteroatoms. The molecule has 106 valence electrons. The first-order valence-electron chi connectivity index (χ1n) is 6.69. The van der Waals surface area contributed by atoms with E-state index in [1.54, 1.807) is 30.3 Å². The maximum absolute atomic E-state index is 12.2. The second-order valence-corrected chi connectivity index (χ2v) is 6.47. The quantitative estimate of drug-likeness (QED) is 0.918. The van der Waals surface area contributed by atoms with Crippen LogP contribution in [0.15, 0.2) is 59.5 Å². The van der Waals surface area contributed by atoms with Gasteiger partial charge < -0.3 is 0 Å². The van der Waals surface area contributed by atoms with E-state index in [0.29, 0.717) is 0 Å². The van der Waals surface area contributed by atoms with Crippen molar-refractivity contribution in [1.82, 2.24) is 4.72 Å². The summed E-state index contributed by atoms with van der Waals surface area (Å²) in [6.07, 6.45) is 0.977. The normalized spacial score (nSPS) is 13.1. The molecule has 0 saturated carbocycles. The van der Waals surface area contributed by atoms with Crippen LogP contribution in [0.2, 0.25) is 0 Å². The summed E-state index contributed by atoms with van der Waals surface area (Å²) in [4.78, 5) is 0.289. The molecule has 0 aliphatic rings. The summed E-state index contributed by atoms with van der Waals surface area (Å²) in [5.41, 5.74) is 2.20. The predicted octanol–water partition coefficient (Wildman–Crippen LogP) is 3.29. The fourth-order valence-electron chi connectivity index (χ4n) is 2.01. The van der Waals surface area contributed by atoms with Crippen LogP contribution in [0.4, 0.5) is 0 Å². The van der Waals surface area contributed by atoms with Crippen LogP contribution in [-0.4, -0.2) is 8.42 Å². The molecule has 3 nitrogen and oxygen atoms in total. The maximum atomic E-state index is 12.2. The Morgan fingerprint density at radius 3 is 2.15 bits per heavy atom. The molecule has 0 spiro atoms. The third kappa shape index (κ3) is 3.46. The van der Waals surface area contributed by atoms with Gasteiger partial charge in [-0.15, -0.1) is 0 Å². The Labute approximate surface area is 120 Å². The van der Waals surface area contributed by atoms with Crippen LogP contribution in [0.1, 0.15) is 31.0 Å². The summed E-state index contributed by atoms with van der Waals surface area (Å²) < 4.78 is 27.2. The van der Waals surface area contributed by atoms with Crippen molar-refractivity contribution in [3.05, 3.63) is 65.7 Å². The molecule has 0 aliphatic carbocycles. The van der Waals surface area contributed by atoms with Crippen molar-refractivity contribution >= 4 is 10.0 Å². The molecule has 0 heterocycles. The third-order valence-corrected chi connectivity index (χ3v) is 4.83. The number of aryl methyl sites for hydroxylation is 1. The standard InChI is InChI=1S/C16H19NO2S/c1-3-14-9-11-15(12-10-14)13(2)17-20(18,19)16-7-5-4-6-8-16/h4-13,17H,3H2,1-2H3/t13-/m0/s1. The number of rotatable bonds is 5. The Balaban J connectivity index is 2.16. The molecule has 1 N–H and O–H groups in total. The molecular formula is C16H19NO2S. The van der Waals surface area contributed by atoms with E-state index in [-0.39, 0.29) is 10.9 Å². The molecule has 0 radical (unpaired) electrons. The van der Waals surface area contributed by atoms with Crippen molar-refractivity contribution in [3.8, 4) is 0 Å². The van der Waals surface area contributed by atoms with Gasteiger partial charge in [-0.05, 0) is 36.6 Å². The van der Waals surface area contributed by atoms with Gasteiger partial charge in [-0.25, -0.2) is 13.1 Å². The summed E-state index contributed by atoms with van der Waals surface area (Å²) >= 11 is 0. The van der Waals surface area contributed by atoms with Gasteiger partial charge in [-0.1, -0.05) is 49.4 Å². The Bertz CT molecular complexity index is 649. The van der Waals surface area contributed by atoms with E-state index in [0.717, 1.165) is 12.0 Å². The van der Waals surface area contributed by atoms with Crippen molar-refractivity contribution in [2.75, 3.05) is 0 Å². The van der Waals surface area contributed by atoms with E-state index in [4.69, 9.17) is 0 Å². The van der Waals surface area contributed by atoms with Crippen molar-refractivity contribution in [1.29, 1.82) is 0 Å². The summed E-state index contributed by atoms with van der Waals surface area (Å²) in [6, 6.07) is 16.2. The van der Waals surface area contributed by atoms with Gasteiger partial charge in [0.2, 0.25) is 10.0 Å². The molecule has 0 fully saturated rings. The summed E-state index contributed by atoms with van der Waals surface area (Å²) in [6.45, 7) is 3.94. The fraction of sp³-hybridized carbons (Fsp3) is 0.250. The summed E-state index contributed by atoms with van der Waals surface area (Å²) in [5.74, 6) is 0. The SMILES string of the molecule is CCc1ccc([C@H](C)NS(=O)(=O)c2ccccc2)cc1. The average molecular weight is 289 g/mol. The van der Waals surface area contributed by atoms with E-state index in [1.165, 1.54) is 5.56 Å². The smallest absolute Gasteiger partial charge is 0.207 e. The number of hydrogen-bond acceptors (Lipinski definition) is 2. The third-order valence-electron chi connectivity index (χ3n) is 3.27. The van der Waals surface area contributed by atoms with Gasteiger partial charge in [-0.2, -0.15) is 0 Å². The van der Waals surface area contributed by atoms with Gasteiger partial charge in [-0.3, -0.25) is 0 Å². The molecule has 0 amide bonds. The monoisotopic (exact) mass is 289 g/mol. The topological polar surface area (TPSA) is 46.2 Å². The number of benzene rings is 2. The average Bonchev–Trinajstić information content (AvgIpc) is 2.48. The van der Waals surface area contributed by atoms with Crippen LogP contribution in [0.25, 0.3) is 0 Å². The molecule has 2 aromatic rings. The number of hydrogen-bond donors (Lipinski definition) is 1. The van der Waals surface area contributed by atoms with E-state index < -0.39 is 10.0 Å². The van der Waals surface area contributed by atoms with Crippen LogP contribution in [0, 0.1) is 0 Å². The first-order chi connectivity index (χ1) is 9.53. The highest BCUT2D eigenvalue weighted by molar-refractivity contribution is 7.89. The number of sulfonamides is 1. The van der Waals surface area contributed by atoms with Crippen LogP contribution in [0.3, 0.4) is 0 Å². The first-order valence-corrected chi connectivity index (χ1v) is 8.17. The molecule has 0 saturated heterocycles. The predicted molar refractivity (Wildman–Crippen MR) is 81.0 cm³/mol. The van der Waals surface area contributed by atoms with Gasteiger partial charge in [0.05, 0.1) is 4.90 Å². The molecule has 20 heavy (non-hydrogen) atoms.